The first-order chi connectivity index (χ1) is 14.8. The number of anilines is 1. The highest BCUT2D eigenvalue weighted by molar-refractivity contribution is 7.99. The molecule has 2 aromatic heterocycles. The van der Waals surface area contributed by atoms with Gasteiger partial charge < -0.3 is 5.32 Å². The Hall–Kier alpha value is -1.83. The normalized spacial score (nSPS) is 15.9. The molecule has 1 N–H and O–H groups in total. The molecule has 1 unspecified atom stereocenters. The van der Waals surface area contributed by atoms with E-state index in [0.29, 0.717) is 5.02 Å². The summed E-state index contributed by atoms with van der Waals surface area (Å²) >= 11 is 9.41. The molecule has 5 nitrogen and oxygen atoms in total. The zero-order valence-corrected chi connectivity index (χ0v) is 20.6. The molecule has 164 valence electrons. The molecule has 8 heteroatoms. The van der Waals surface area contributed by atoms with Gasteiger partial charge in [-0.2, -0.15) is 0 Å². The number of carbonyl (C=O) groups excluding carboxylic acids is 1. The number of aromatic nitrogens is 3. The maximum absolute atomic E-state index is 12.6. The number of nitrogens with one attached hydrogen (secondary N) is 1. The molecule has 0 saturated carbocycles. The van der Waals surface area contributed by atoms with E-state index in [1.54, 1.807) is 0 Å². The first kappa shape index (κ1) is 22.4. The van der Waals surface area contributed by atoms with Gasteiger partial charge >= 0.3 is 0 Å². The van der Waals surface area contributed by atoms with Crippen LogP contribution in [-0.2, 0) is 17.6 Å². The van der Waals surface area contributed by atoms with Gasteiger partial charge in [-0.25, -0.2) is 0 Å². The van der Waals surface area contributed by atoms with E-state index in [0.717, 1.165) is 41.0 Å². The lowest BCUT2D eigenvalue weighted by molar-refractivity contribution is -0.113. The molecule has 1 aromatic carbocycles. The molecule has 2 heterocycles. The third kappa shape index (κ3) is 4.69. The highest BCUT2D eigenvalue weighted by Crippen LogP contribution is 2.39. The largest absolute Gasteiger partial charge is 0.325 e. The van der Waals surface area contributed by atoms with Gasteiger partial charge in [0, 0.05) is 32.6 Å². The van der Waals surface area contributed by atoms with Crippen molar-refractivity contribution in [3.63, 3.8) is 0 Å². The fraction of sp³-hybridized carbons (Fsp3) is 0.435. The van der Waals surface area contributed by atoms with Gasteiger partial charge in [0.1, 0.15) is 0 Å². The summed E-state index contributed by atoms with van der Waals surface area (Å²) < 4.78 is 2.16. The van der Waals surface area contributed by atoms with Crippen LogP contribution in [0.1, 0.15) is 49.2 Å². The fourth-order valence-corrected chi connectivity index (χ4v) is 6.23. The van der Waals surface area contributed by atoms with Crippen LogP contribution in [0.15, 0.2) is 28.7 Å². The number of fused-ring (bicyclic) bond motifs is 1. The summed E-state index contributed by atoms with van der Waals surface area (Å²) in [6.07, 6.45) is 3.47. The number of thioether (sulfide) groups is 1. The van der Waals surface area contributed by atoms with Crippen LogP contribution in [0.25, 0.3) is 11.4 Å². The number of amides is 1. The predicted molar refractivity (Wildman–Crippen MR) is 130 cm³/mol. The number of rotatable bonds is 6. The number of thiophene rings is 1. The van der Waals surface area contributed by atoms with Gasteiger partial charge in [0.25, 0.3) is 0 Å². The monoisotopic (exact) mass is 474 g/mol. The van der Waals surface area contributed by atoms with Crippen molar-refractivity contribution < 1.29 is 4.79 Å². The average molecular weight is 475 g/mol. The third-order valence-electron chi connectivity index (χ3n) is 5.70. The zero-order valence-electron chi connectivity index (χ0n) is 18.2. The van der Waals surface area contributed by atoms with Crippen LogP contribution < -0.4 is 5.32 Å². The van der Waals surface area contributed by atoms with Crippen molar-refractivity contribution in [1.82, 2.24) is 14.8 Å². The number of carbonyl (C=O) groups is 1. The van der Waals surface area contributed by atoms with E-state index in [9.17, 15) is 4.79 Å². The first-order valence-electron chi connectivity index (χ1n) is 10.6. The summed E-state index contributed by atoms with van der Waals surface area (Å²) in [6.45, 7) is 8.49. The van der Waals surface area contributed by atoms with Crippen LogP contribution in [0.2, 0.25) is 5.02 Å². The maximum Gasteiger partial charge on any atom is 0.234 e. The number of nitrogens with zero attached hydrogens (tertiary/aromatic N) is 3. The Labute approximate surface area is 196 Å². The molecule has 1 aliphatic carbocycles. The van der Waals surface area contributed by atoms with Crippen molar-refractivity contribution in [1.29, 1.82) is 0 Å². The molecule has 0 saturated heterocycles. The van der Waals surface area contributed by atoms with Crippen LogP contribution in [0, 0.1) is 12.8 Å². The first-order valence-corrected chi connectivity index (χ1v) is 12.8. The van der Waals surface area contributed by atoms with E-state index in [4.69, 9.17) is 11.6 Å². The molecular weight excluding hydrogens is 448 g/mol. The Morgan fingerprint density at radius 1 is 1.39 bits per heavy atom. The summed E-state index contributed by atoms with van der Waals surface area (Å²) in [4.78, 5) is 14.0. The summed E-state index contributed by atoms with van der Waals surface area (Å²) in [5.74, 6) is 1.83. The minimum absolute atomic E-state index is 0.0860. The van der Waals surface area contributed by atoms with Crippen LogP contribution in [0.4, 0.5) is 5.69 Å². The highest BCUT2D eigenvalue weighted by Gasteiger charge is 2.25. The molecule has 3 aromatic rings. The van der Waals surface area contributed by atoms with E-state index in [1.165, 1.54) is 34.2 Å². The van der Waals surface area contributed by atoms with E-state index in [2.05, 4.69) is 46.2 Å². The minimum Gasteiger partial charge on any atom is -0.325 e. The number of halogens is 1. The predicted octanol–water partition coefficient (Wildman–Crippen LogP) is 6.40. The Bertz CT molecular complexity index is 1110. The molecule has 0 bridgehead atoms. The Balaban J connectivity index is 1.52. The van der Waals surface area contributed by atoms with Gasteiger partial charge in [-0.3, -0.25) is 9.36 Å². The van der Waals surface area contributed by atoms with Crippen molar-refractivity contribution in [2.24, 2.45) is 5.92 Å². The fourth-order valence-electron chi connectivity index (χ4n) is 3.95. The molecule has 0 fully saturated rings. The van der Waals surface area contributed by atoms with Gasteiger partial charge in [0.15, 0.2) is 11.0 Å². The van der Waals surface area contributed by atoms with Crippen molar-refractivity contribution in [3.8, 4) is 11.4 Å². The van der Waals surface area contributed by atoms with Gasteiger partial charge in [0.2, 0.25) is 5.91 Å². The lowest BCUT2D eigenvalue weighted by atomic mass is 9.88. The summed E-state index contributed by atoms with van der Waals surface area (Å²) in [5, 5.41) is 15.6. The van der Waals surface area contributed by atoms with E-state index in [1.807, 2.05) is 36.5 Å². The van der Waals surface area contributed by atoms with E-state index in [-0.39, 0.29) is 17.7 Å². The van der Waals surface area contributed by atoms with Gasteiger partial charge in [-0.05, 0) is 69.2 Å². The lowest BCUT2D eigenvalue weighted by Crippen LogP contribution is -2.16. The second kappa shape index (κ2) is 9.35. The van der Waals surface area contributed by atoms with Crippen molar-refractivity contribution in [2.75, 3.05) is 11.1 Å². The smallest absolute Gasteiger partial charge is 0.234 e. The number of hydrogen-bond donors (Lipinski definition) is 1. The van der Waals surface area contributed by atoms with Gasteiger partial charge in [-0.1, -0.05) is 36.4 Å². The second-order valence-electron chi connectivity index (χ2n) is 8.42. The third-order valence-corrected chi connectivity index (χ3v) is 8.10. The molecule has 0 spiro atoms. The van der Waals surface area contributed by atoms with Crippen LogP contribution in [-0.4, -0.2) is 26.4 Å². The van der Waals surface area contributed by atoms with Crippen LogP contribution >= 0.6 is 34.7 Å². The maximum atomic E-state index is 12.6. The summed E-state index contributed by atoms with van der Waals surface area (Å²) in [5.41, 5.74) is 4.25. The summed E-state index contributed by atoms with van der Waals surface area (Å²) in [7, 11) is 0. The lowest BCUT2D eigenvalue weighted by Gasteiger charge is -2.19. The van der Waals surface area contributed by atoms with Crippen molar-refractivity contribution in [2.45, 2.75) is 58.2 Å². The van der Waals surface area contributed by atoms with Crippen LogP contribution in [0.3, 0.4) is 0 Å². The molecule has 4 rings (SSSR count). The van der Waals surface area contributed by atoms with E-state index >= 15 is 0 Å². The molecular formula is C23H27ClN4OS2. The second-order valence-corrected chi connectivity index (χ2v) is 10.7. The molecule has 1 aliphatic rings. The SMILES string of the molecule is Cc1c(Cl)cccc1NC(=O)CSc1nnc(-c2csc3c2CCC(C)C3)n1C(C)C. The topological polar surface area (TPSA) is 59.8 Å². The Kier molecular flexibility index (Phi) is 6.74. The number of benzene rings is 1. The minimum atomic E-state index is -0.0860. The highest BCUT2D eigenvalue weighted by atomic mass is 35.5. The standard InChI is InChI=1S/C23H27ClN4OS2/c1-13(2)28-22(17-11-30-20-10-14(3)8-9-16(17)20)26-27-23(28)31-12-21(29)25-19-7-5-6-18(24)15(19)4/h5-7,11,13-14H,8-10,12H2,1-4H3,(H,25,29). The van der Waals surface area contributed by atoms with Crippen molar-refractivity contribution in [3.05, 3.63) is 44.6 Å². The zero-order chi connectivity index (χ0) is 22.1. The number of hydrogen-bond acceptors (Lipinski definition) is 5. The molecule has 31 heavy (non-hydrogen) atoms. The Morgan fingerprint density at radius 2 is 2.19 bits per heavy atom. The average Bonchev–Trinajstić information content (AvgIpc) is 3.33. The quantitative estimate of drug-likeness (QED) is 0.419. The Morgan fingerprint density at radius 3 is 2.97 bits per heavy atom. The molecule has 1 atom stereocenters. The van der Waals surface area contributed by atoms with Gasteiger partial charge in [0.05, 0.1) is 5.75 Å². The van der Waals surface area contributed by atoms with E-state index < -0.39 is 0 Å². The molecule has 0 aliphatic heterocycles. The van der Waals surface area contributed by atoms with Crippen LogP contribution in [0.5, 0.6) is 0 Å². The molecule has 0 radical (unpaired) electrons. The van der Waals surface area contributed by atoms with Crippen molar-refractivity contribution >= 4 is 46.3 Å². The summed E-state index contributed by atoms with van der Waals surface area (Å²) in [6, 6.07) is 5.71. The van der Waals surface area contributed by atoms with Gasteiger partial charge in [-0.15, -0.1) is 21.5 Å². The molecule has 1 amide bonds.